The number of carbonyl (C=O) groups is 2. The number of hydrogen-bond donors (Lipinski definition) is 1. The van der Waals surface area contributed by atoms with Crippen molar-refractivity contribution >= 4 is 52.1 Å². The van der Waals surface area contributed by atoms with E-state index in [1.54, 1.807) is 65.6 Å². The lowest BCUT2D eigenvalue weighted by molar-refractivity contribution is -0.124. The molecule has 0 saturated carbocycles. The van der Waals surface area contributed by atoms with Gasteiger partial charge >= 0.3 is 0 Å². The van der Waals surface area contributed by atoms with Gasteiger partial charge in [0, 0.05) is 17.3 Å². The molecule has 9 heteroatoms. The highest BCUT2D eigenvalue weighted by atomic mass is 35.5. The van der Waals surface area contributed by atoms with E-state index in [4.69, 9.17) is 28.6 Å². The Morgan fingerprint density at radius 3 is 2.38 bits per heavy atom. The lowest BCUT2D eigenvalue weighted by atomic mass is 10.1. The molecule has 0 aliphatic carbocycles. The fourth-order valence-corrected chi connectivity index (χ4v) is 4.60. The van der Waals surface area contributed by atoms with Gasteiger partial charge in [-0.3, -0.25) is 14.5 Å². The molecule has 1 aliphatic rings. The van der Waals surface area contributed by atoms with E-state index in [1.807, 2.05) is 6.92 Å². The molecule has 1 N–H and O–H groups in total. The van der Waals surface area contributed by atoms with Crippen LogP contribution < -0.4 is 15.0 Å². The number of anilines is 2. The second-order valence-electron chi connectivity index (χ2n) is 8.64. The number of rotatable bonds is 10. The fourth-order valence-electron chi connectivity index (χ4n) is 4.06. The van der Waals surface area contributed by atoms with Crippen LogP contribution in [0.5, 0.6) is 5.75 Å². The summed E-state index contributed by atoms with van der Waals surface area (Å²) in [6.45, 7) is 3.04. The average Bonchev–Trinajstić information content (AvgIpc) is 3.12. The number of nitrogens with one attached hydrogen (secondary N) is 1. The number of nitrogens with zero attached hydrogens (tertiary/aromatic N) is 2. The summed E-state index contributed by atoms with van der Waals surface area (Å²) in [5, 5.41) is 3.70. The van der Waals surface area contributed by atoms with Crippen LogP contribution in [-0.2, 0) is 16.0 Å². The third-order valence-electron chi connectivity index (χ3n) is 5.95. The van der Waals surface area contributed by atoms with Crippen molar-refractivity contribution in [2.45, 2.75) is 32.2 Å². The molecule has 3 aromatic rings. The van der Waals surface area contributed by atoms with Crippen LogP contribution in [-0.4, -0.2) is 41.0 Å². The van der Waals surface area contributed by atoms with E-state index in [-0.39, 0.29) is 24.1 Å². The maximum atomic E-state index is 13.5. The number of ether oxygens (including phenoxy) is 1. The SMILES string of the molecule is CCCOc1ccc(NC(=O)C[C@H]2C(=O)N(c3ccc(Cl)cc3)C(=S)N2CCc2ccc(F)cc2)cc1. The molecule has 37 heavy (non-hydrogen) atoms. The molecule has 3 aromatic carbocycles. The summed E-state index contributed by atoms with van der Waals surface area (Å²) in [5.74, 6) is -0.191. The van der Waals surface area contributed by atoms with Gasteiger partial charge in [-0.15, -0.1) is 0 Å². The van der Waals surface area contributed by atoms with E-state index >= 15 is 0 Å². The van der Waals surface area contributed by atoms with Crippen LogP contribution in [0.4, 0.5) is 15.8 Å². The van der Waals surface area contributed by atoms with Crippen LogP contribution in [0.3, 0.4) is 0 Å². The third-order valence-corrected chi connectivity index (χ3v) is 6.62. The standard InChI is InChI=1S/C28H27ClFN3O3S/c1-2-17-36-24-13-9-22(10-14-24)31-26(34)18-25-27(35)33(23-11-5-20(29)6-12-23)28(37)32(25)16-15-19-3-7-21(30)8-4-19/h3-14,25H,2,15-18H2,1H3,(H,31,34)/t25-/m0/s1. The van der Waals surface area contributed by atoms with Crippen molar-refractivity contribution < 1.29 is 18.7 Å². The van der Waals surface area contributed by atoms with Gasteiger partial charge in [-0.05, 0) is 91.3 Å². The van der Waals surface area contributed by atoms with Crippen LogP contribution in [0.15, 0.2) is 72.8 Å². The Hall–Kier alpha value is -3.49. The van der Waals surface area contributed by atoms with Crippen LogP contribution in [0.25, 0.3) is 0 Å². The summed E-state index contributed by atoms with van der Waals surface area (Å²) in [4.78, 5) is 29.7. The monoisotopic (exact) mass is 539 g/mol. The predicted octanol–water partition coefficient (Wildman–Crippen LogP) is 5.84. The highest BCUT2D eigenvalue weighted by Crippen LogP contribution is 2.29. The Morgan fingerprint density at radius 2 is 1.73 bits per heavy atom. The Kier molecular flexibility index (Phi) is 8.74. The summed E-state index contributed by atoms with van der Waals surface area (Å²) in [7, 11) is 0. The molecule has 0 spiro atoms. The first-order valence-electron chi connectivity index (χ1n) is 12.0. The average molecular weight is 540 g/mol. The zero-order chi connectivity index (χ0) is 26.4. The number of carbonyl (C=O) groups excluding carboxylic acids is 2. The Bertz CT molecular complexity index is 1250. The lowest BCUT2D eigenvalue weighted by Gasteiger charge is -2.24. The molecular formula is C28H27ClFN3O3S. The van der Waals surface area contributed by atoms with Crippen LogP contribution in [0.1, 0.15) is 25.3 Å². The van der Waals surface area contributed by atoms with Gasteiger partial charge in [0.25, 0.3) is 5.91 Å². The Morgan fingerprint density at radius 1 is 1.05 bits per heavy atom. The summed E-state index contributed by atoms with van der Waals surface area (Å²) in [6.07, 6.45) is 1.35. The van der Waals surface area contributed by atoms with E-state index < -0.39 is 6.04 Å². The largest absolute Gasteiger partial charge is 0.494 e. The minimum absolute atomic E-state index is 0.0828. The van der Waals surface area contributed by atoms with Crippen molar-refractivity contribution in [3.8, 4) is 5.75 Å². The van der Waals surface area contributed by atoms with Crippen LogP contribution in [0.2, 0.25) is 5.02 Å². The first kappa shape index (κ1) is 26.6. The summed E-state index contributed by atoms with van der Waals surface area (Å²) >= 11 is 11.7. The van der Waals surface area contributed by atoms with Gasteiger partial charge in [0.2, 0.25) is 5.91 Å². The molecular weight excluding hydrogens is 513 g/mol. The second-order valence-corrected chi connectivity index (χ2v) is 9.45. The smallest absolute Gasteiger partial charge is 0.256 e. The van der Waals surface area contributed by atoms with E-state index in [9.17, 15) is 14.0 Å². The van der Waals surface area contributed by atoms with E-state index in [1.165, 1.54) is 17.0 Å². The molecule has 1 aliphatic heterocycles. The van der Waals surface area contributed by atoms with E-state index in [0.717, 1.165) is 17.7 Å². The summed E-state index contributed by atoms with van der Waals surface area (Å²) in [5.41, 5.74) is 2.08. The molecule has 0 radical (unpaired) electrons. The summed E-state index contributed by atoms with van der Waals surface area (Å²) in [6, 6.07) is 19.3. The highest BCUT2D eigenvalue weighted by Gasteiger charge is 2.43. The number of hydrogen-bond acceptors (Lipinski definition) is 4. The molecule has 1 atom stereocenters. The Labute approximate surface area is 226 Å². The van der Waals surface area contributed by atoms with Gasteiger partial charge in [0.1, 0.15) is 17.6 Å². The van der Waals surface area contributed by atoms with Crippen molar-refractivity contribution in [3.63, 3.8) is 0 Å². The zero-order valence-electron chi connectivity index (χ0n) is 20.3. The third kappa shape index (κ3) is 6.64. The molecule has 2 amide bonds. The van der Waals surface area contributed by atoms with Gasteiger partial charge in [-0.2, -0.15) is 0 Å². The van der Waals surface area contributed by atoms with Gasteiger partial charge in [-0.25, -0.2) is 4.39 Å². The first-order chi connectivity index (χ1) is 17.9. The van der Waals surface area contributed by atoms with Crippen molar-refractivity contribution in [1.29, 1.82) is 0 Å². The maximum Gasteiger partial charge on any atom is 0.256 e. The second kappa shape index (κ2) is 12.2. The Balaban J connectivity index is 1.50. The molecule has 0 aromatic heterocycles. The van der Waals surface area contributed by atoms with Gasteiger partial charge < -0.3 is 15.0 Å². The van der Waals surface area contributed by atoms with Crippen molar-refractivity contribution in [2.75, 3.05) is 23.4 Å². The minimum atomic E-state index is -0.782. The molecule has 1 heterocycles. The highest BCUT2D eigenvalue weighted by molar-refractivity contribution is 7.80. The van der Waals surface area contributed by atoms with Crippen molar-refractivity contribution in [2.24, 2.45) is 0 Å². The first-order valence-corrected chi connectivity index (χ1v) is 12.8. The van der Waals surface area contributed by atoms with Crippen molar-refractivity contribution in [1.82, 2.24) is 4.90 Å². The van der Waals surface area contributed by atoms with Crippen LogP contribution in [0, 0.1) is 5.82 Å². The van der Waals surface area contributed by atoms with E-state index in [0.29, 0.717) is 41.1 Å². The number of halogens is 2. The molecule has 1 fully saturated rings. The van der Waals surface area contributed by atoms with Gasteiger partial charge in [0.15, 0.2) is 5.11 Å². The zero-order valence-corrected chi connectivity index (χ0v) is 21.9. The van der Waals surface area contributed by atoms with Crippen LogP contribution >= 0.6 is 23.8 Å². The predicted molar refractivity (Wildman–Crippen MR) is 148 cm³/mol. The number of benzene rings is 3. The topological polar surface area (TPSA) is 61.9 Å². The quantitative estimate of drug-likeness (QED) is 0.328. The fraction of sp³-hybridized carbons (Fsp3) is 0.250. The minimum Gasteiger partial charge on any atom is -0.494 e. The maximum absolute atomic E-state index is 13.5. The van der Waals surface area contributed by atoms with E-state index in [2.05, 4.69) is 5.32 Å². The lowest BCUT2D eigenvalue weighted by Crippen LogP contribution is -2.39. The molecule has 4 rings (SSSR count). The number of thiocarbonyl (C=S) groups is 1. The van der Waals surface area contributed by atoms with Gasteiger partial charge in [-0.1, -0.05) is 30.7 Å². The molecule has 192 valence electrons. The normalized spacial score (nSPS) is 15.3. The molecule has 1 saturated heterocycles. The molecule has 0 bridgehead atoms. The van der Waals surface area contributed by atoms with Crippen molar-refractivity contribution in [3.05, 3.63) is 89.2 Å². The molecule has 0 unspecified atom stereocenters. The molecule has 6 nitrogen and oxygen atoms in total. The number of amides is 2. The van der Waals surface area contributed by atoms with Gasteiger partial charge in [0.05, 0.1) is 18.7 Å². The summed E-state index contributed by atoms with van der Waals surface area (Å²) < 4.78 is 18.9.